The number of non-ortho nitro benzene ring substituents is 1. The Labute approximate surface area is 174 Å². The molecule has 0 aliphatic carbocycles. The summed E-state index contributed by atoms with van der Waals surface area (Å²) >= 11 is 0. The van der Waals surface area contributed by atoms with E-state index < -0.39 is 4.92 Å². The van der Waals surface area contributed by atoms with E-state index in [2.05, 4.69) is 44.1 Å². The van der Waals surface area contributed by atoms with Gasteiger partial charge < -0.3 is 9.64 Å². The Hall–Kier alpha value is -3.30. The van der Waals surface area contributed by atoms with Crippen LogP contribution in [0.1, 0.15) is 5.56 Å². The van der Waals surface area contributed by atoms with E-state index >= 15 is 0 Å². The molecular weight excluding hydrogens is 384 g/mol. The molecule has 4 rings (SSSR count). The minimum atomic E-state index is -0.418. The molecule has 0 radical (unpaired) electrons. The van der Waals surface area contributed by atoms with Crippen molar-refractivity contribution in [3.63, 3.8) is 0 Å². The summed E-state index contributed by atoms with van der Waals surface area (Å²) in [6, 6.07) is 14.9. The van der Waals surface area contributed by atoms with Crippen LogP contribution in [0.2, 0.25) is 0 Å². The fraction of sp³-hybridized carbons (Fsp3) is 0.333. The molecule has 1 saturated heterocycles. The summed E-state index contributed by atoms with van der Waals surface area (Å²) in [5.41, 5.74) is 3.26. The first-order valence-corrected chi connectivity index (χ1v) is 9.83. The number of morpholine rings is 1. The molecule has 30 heavy (non-hydrogen) atoms. The molecule has 156 valence electrons. The van der Waals surface area contributed by atoms with Gasteiger partial charge in [0.15, 0.2) is 5.82 Å². The molecule has 0 saturated carbocycles. The second kappa shape index (κ2) is 9.02. The van der Waals surface area contributed by atoms with Crippen LogP contribution >= 0.6 is 0 Å². The van der Waals surface area contributed by atoms with Gasteiger partial charge in [0.05, 0.1) is 24.8 Å². The normalized spacial score (nSPS) is 14.3. The topological polar surface area (TPSA) is 89.6 Å². The highest BCUT2D eigenvalue weighted by Gasteiger charge is 2.12. The van der Waals surface area contributed by atoms with Crippen molar-refractivity contribution in [3.05, 3.63) is 70.5 Å². The number of ether oxygens (including phenoxy) is 1. The van der Waals surface area contributed by atoms with E-state index in [1.165, 1.54) is 23.4 Å². The van der Waals surface area contributed by atoms with Gasteiger partial charge in [-0.2, -0.15) is 0 Å². The van der Waals surface area contributed by atoms with Gasteiger partial charge in [-0.15, -0.1) is 5.10 Å². The Morgan fingerprint density at radius 2 is 1.80 bits per heavy atom. The first-order chi connectivity index (χ1) is 14.6. The van der Waals surface area contributed by atoms with E-state index in [4.69, 9.17) is 4.74 Å². The predicted molar refractivity (Wildman–Crippen MR) is 113 cm³/mol. The number of hydrogen-bond acceptors (Lipinski definition) is 7. The molecule has 1 fully saturated rings. The summed E-state index contributed by atoms with van der Waals surface area (Å²) in [4.78, 5) is 19.2. The molecular formula is C21H24N6O3. The van der Waals surface area contributed by atoms with Gasteiger partial charge in [-0.3, -0.25) is 15.0 Å². The lowest BCUT2D eigenvalue weighted by Gasteiger charge is -2.29. The number of nitrogens with zero attached hydrogens (tertiary/aromatic N) is 6. The minimum absolute atomic E-state index is 0.0533. The molecule has 2 aromatic carbocycles. The van der Waals surface area contributed by atoms with Crippen LogP contribution < -0.4 is 4.90 Å². The van der Waals surface area contributed by atoms with Gasteiger partial charge in [-0.1, -0.05) is 12.1 Å². The molecule has 0 bridgehead atoms. The Bertz CT molecular complexity index is 981. The van der Waals surface area contributed by atoms with Crippen LogP contribution in [0.4, 0.5) is 11.4 Å². The van der Waals surface area contributed by atoms with Crippen LogP contribution in [-0.4, -0.2) is 57.9 Å². The highest BCUT2D eigenvalue weighted by atomic mass is 16.6. The third-order valence-corrected chi connectivity index (χ3v) is 5.02. The van der Waals surface area contributed by atoms with Crippen molar-refractivity contribution in [2.75, 3.05) is 38.3 Å². The van der Waals surface area contributed by atoms with Crippen LogP contribution in [0.15, 0.2) is 54.9 Å². The second-order valence-corrected chi connectivity index (χ2v) is 7.33. The number of benzene rings is 2. The first-order valence-electron chi connectivity index (χ1n) is 9.83. The van der Waals surface area contributed by atoms with Crippen molar-refractivity contribution in [1.29, 1.82) is 0 Å². The molecule has 0 N–H and O–H groups in total. The molecule has 0 amide bonds. The first kappa shape index (κ1) is 20.0. The maximum atomic E-state index is 10.8. The molecule has 1 aliphatic heterocycles. The van der Waals surface area contributed by atoms with Crippen LogP contribution in [0.25, 0.3) is 11.4 Å². The van der Waals surface area contributed by atoms with Crippen molar-refractivity contribution in [2.24, 2.45) is 0 Å². The Kier molecular flexibility index (Phi) is 6.01. The molecule has 2 heterocycles. The summed E-state index contributed by atoms with van der Waals surface area (Å²) in [6.45, 7) is 4.81. The summed E-state index contributed by atoms with van der Waals surface area (Å²) in [6.07, 6.45) is 1.68. The lowest BCUT2D eigenvalue weighted by molar-refractivity contribution is -0.384. The molecule has 3 aromatic rings. The number of nitro groups is 1. The molecule has 0 atom stereocenters. The van der Waals surface area contributed by atoms with Gasteiger partial charge in [0.2, 0.25) is 0 Å². The monoisotopic (exact) mass is 408 g/mol. The van der Waals surface area contributed by atoms with Crippen LogP contribution in [0.3, 0.4) is 0 Å². The number of aromatic nitrogens is 3. The van der Waals surface area contributed by atoms with Gasteiger partial charge in [0.1, 0.15) is 6.33 Å². The Balaban J connectivity index is 1.34. The zero-order chi connectivity index (χ0) is 20.9. The highest BCUT2D eigenvalue weighted by molar-refractivity contribution is 5.56. The largest absolute Gasteiger partial charge is 0.378 e. The maximum absolute atomic E-state index is 10.8. The molecule has 0 spiro atoms. The lowest BCUT2D eigenvalue weighted by Crippen LogP contribution is -2.36. The lowest BCUT2D eigenvalue weighted by atomic mass is 10.2. The third kappa shape index (κ3) is 4.81. The molecule has 9 nitrogen and oxygen atoms in total. The number of hydrogen-bond donors (Lipinski definition) is 0. The van der Waals surface area contributed by atoms with Gasteiger partial charge in [-0.25, -0.2) is 9.67 Å². The summed E-state index contributed by atoms with van der Waals surface area (Å²) in [7, 11) is 2.03. The van der Waals surface area contributed by atoms with E-state index in [0.29, 0.717) is 12.5 Å². The summed E-state index contributed by atoms with van der Waals surface area (Å²) in [5, 5.41) is 15.3. The van der Waals surface area contributed by atoms with Gasteiger partial charge in [-0.05, 0) is 36.9 Å². The molecule has 0 unspecified atom stereocenters. The zero-order valence-electron chi connectivity index (χ0n) is 16.8. The summed E-state index contributed by atoms with van der Waals surface area (Å²) < 4.78 is 7.17. The van der Waals surface area contributed by atoms with Crippen molar-refractivity contribution >= 4 is 11.4 Å². The third-order valence-electron chi connectivity index (χ3n) is 5.02. The van der Waals surface area contributed by atoms with Crippen LogP contribution in [-0.2, 0) is 18.0 Å². The molecule has 9 heteroatoms. The fourth-order valence-electron chi connectivity index (χ4n) is 3.47. The molecule has 1 aromatic heterocycles. The number of anilines is 1. The van der Waals surface area contributed by atoms with Gasteiger partial charge in [0.25, 0.3) is 5.69 Å². The minimum Gasteiger partial charge on any atom is -0.378 e. The van der Waals surface area contributed by atoms with Gasteiger partial charge >= 0.3 is 0 Å². The van der Waals surface area contributed by atoms with Crippen molar-refractivity contribution < 1.29 is 9.66 Å². The average Bonchev–Trinajstić information content (AvgIpc) is 3.23. The standard InChI is InChI=1S/C21H24N6O3/c1-24(14-17-2-6-19(7-3-17)25-10-12-30-13-11-25)16-26-15-22-21(23-26)18-4-8-20(9-5-18)27(28)29/h2-9,15H,10-14,16H2,1H3. The van der Waals surface area contributed by atoms with Crippen molar-refractivity contribution in [2.45, 2.75) is 13.2 Å². The summed E-state index contributed by atoms with van der Waals surface area (Å²) in [5.74, 6) is 0.549. The van der Waals surface area contributed by atoms with Crippen LogP contribution in [0, 0.1) is 10.1 Å². The zero-order valence-corrected chi connectivity index (χ0v) is 16.8. The van der Waals surface area contributed by atoms with E-state index in [1.54, 1.807) is 23.1 Å². The maximum Gasteiger partial charge on any atom is 0.269 e. The van der Waals surface area contributed by atoms with Crippen molar-refractivity contribution in [1.82, 2.24) is 19.7 Å². The fourth-order valence-corrected chi connectivity index (χ4v) is 3.47. The SMILES string of the molecule is CN(Cc1ccc(N2CCOCC2)cc1)Cn1cnc(-c2ccc([N+](=O)[O-])cc2)n1. The van der Waals surface area contributed by atoms with Crippen LogP contribution in [0.5, 0.6) is 0 Å². The second-order valence-electron chi connectivity index (χ2n) is 7.33. The van der Waals surface area contributed by atoms with E-state index in [1.807, 2.05) is 7.05 Å². The predicted octanol–water partition coefficient (Wildman–Crippen LogP) is 2.78. The van der Waals surface area contributed by atoms with E-state index in [0.717, 1.165) is 38.4 Å². The van der Waals surface area contributed by atoms with E-state index in [9.17, 15) is 10.1 Å². The number of nitro benzene ring substituents is 1. The number of rotatable bonds is 7. The Morgan fingerprint density at radius 1 is 1.10 bits per heavy atom. The van der Waals surface area contributed by atoms with E-state index in [-0.39, 0.29) is 5.69 Å². The Morgan fingerprint density at radius 3 is 2.47 bits per heavy atom. The smallest absolute Gasteiger partial charge is 0.269 e. The highest BCUT2D eigenvalue weighted by Crippen LogP contribution is 2.20. The average molecular weight is 408 g/mol. The van der Waals surface area contributed by atoms with Gasteiger partial charge in [0, 0.05) is 43.0 Å². The van der Waals surface area contributed by atoms with Crippen molar-refractivity contribution in [3.8, 4) is 11.4 Å². The quantitative estimate of drug-likeness (QED) is 0.439. The molecule has 1 aliphatic rings.